The van der Waals surface area contributed by atoms with Crippen molar-refractivity contribution < 1.29 is 19.1 Å². The highest BCUT2D eigenvalue weighted by molar-refractivity contribution is 7.11. The van der Waals surface area contributed by atoms with Crippen LogP contribution >= 0.6 is 11.3 Å². The van der Waals surface area contributed by atoms with Crippen LogP contribution in [0.25, 0.3) is 5.57 Å². The number of esters is 1. The lowest BCUT2D eigenvalue weighted by Crippen LogP contribution is -2.35. The summed E-state index contributed by atoms with van der Waals surface area (Å²) in [5.74, 6) is -0.321. The average Bonchev–Trinajstić information content (AvgIpc) is 3.04. The molecule has 0 aliphatic carbocycles. The molecule has 0 fully saturated rings. The van der Waals surface area contributed by atoms with Gasteiger partial charge in [0.15, 0.2) is 0 Å². The van der Waals surface area contributed by atoms with Gasteiger partial charge in [-0.1, -0.05) is 19.4 Å². The number of ether oxygens (including phenoxy) is 2. The van der Waals surface area contributed by atoms with Gasteiger partial charge in [-0.05, 0) is 29.9 Å². The van der Waals surface area contributed by atoms with Gasteiger partial charge in [0.05, 0.1) is 19.3 Å². The molecule has 0 radical (unpaired) electrons. The lowest BCUT2D eigenvalue weighted by atomic mass is 10.0. The Labute approximate surface area is 134 Å². The second-order valence-electron chi connectivity index (χ2n) is 5.05. The monoisotopic (exact) mass is 323 g/mol. The molecule has 0 N–H and O–H groups in total. The second-order valence-corrected chi connectivity index (χ2v) is 5.96. The first-order chi connectivity index (χ1) is 10.7. The van der Waals surface area contributed by atoms with E-state index in [1.54, 1.807) is 11.0 Å². The van der Waals surface area contributed by atoms with E-state index < -0.39 is 0 Å². The molecular formula is C16H21NO4S. The summed E-state index contributed by atoms with van der Waals surface area (Å²) >= 11 is 1.52. The summed E-state index contributed by atoms with van der Waals surface area (Å²) in [6.07, 6.45) is 4.34. The highest BCUT2D eigenvalue weighted by atomic mass is 32.1. The van der Waals surface area contributed by atoms with Crippen LogP contribution in [-0.2, 0) is 9.47 Å². The number of methoxy groups -OCH3 is 1. The smallest absolute Gasteiger partial charge is 0.410 e. The number of carbonyl (C=O) groups excluding carboxylic acids is 2. The fourth-order valence-corrected chi connectivity index (χ4v) is 3.22. The minimum Gasteiger partial charge on any atom is -0.465 e. The van der Waals surface area contributed by atoms with Crippen molar-refractivity contribution in [3.05, 3.63) is 28.0 Å². The maximum atomic E-state index is 11.9. The molecule has 120 valence electrons. The molecule has 2 rings (SSSR count). The highest BCUT2D eigenvalue weighted by Gasteiger charge is 2.22. The molecule has 1 aliphatic rings. The summed E-state index contributed by atoms with van der Waals surface area (Å²) in [5, 5.41) is 1.88. The Morgan fingerprint density at radius 1 is 1.41 bits per heavy atom. The predicted molar refractivity (Wildman–Crippen MR) is 86.1 cm³/mol. The van der Waals surface area contributed by atoms with E-state index in [-0.39, 0.29) is 12.1 Å². The molecule has 0 atom stereocenters. The molecule has 0 spiro atoms. The van der Waals surface area contributed by atoms with Crippen molar-refractivity contribution in [2.24, 2.45) is 0 Å². The van der Waals surface area contributed by atoms with Gasteiger partial charge in [-0.25, -0.2) is 9.59 Å². The van der Waals surface area contributed by atoms with Crippen molar-refractivity contribution in [3.63, 3.8) is 0 Å². The van der Waals surface area contributed by atoms with E-state index in [2.05, 4.69) is 6.92 Å². The molecule has 6 heteroatoms. The summed E-state index contributed by atoms with van der Waals surface area (Å²) in [4.78, 5) is 26.2. The van der Waals surface area contributed by atoms with Gasteiger partial charge in [0.1, 0.15) is 0 Å². The van der Waals surface area contributed by atoms with Crippen LogP contribution in [0.15, 0.2) is 17.5 Å². The van der Waals surface area contributed by atoms with Gasteiger partial charge >= 0.3 is 12.1 Å². The van der Waals surface area contributed by atoms with Crippen molar-refractivity contribution in [1.29, 1.82) is 0 Å². The topological polar surface area (TPSA) is 55.8 Å². The van der Waals surface area contributed by atoms with Crippen molar-refractivity contribution >= 4 is 29.0 Å². The number of unbranched alkanes of at least 4 members (excludes halogenated alkanes) is 1. The Kier molecular flexibility index (Phi) is 6.00. The summed E-state index contributed by atoms with van der Waals surface area (Å²) < 4.78 is 10.0. The van der Waals surface area contributed by atoms with Gasteiger partial charge in [0, 0.05) is 18.0 Å². The molecular weight excluding hydrogens is 302 g/mol. The minimum atomic E-state index is -0.321. The first-order valence-electron chi connectivity index (χ1n) is 7.44. The van der Waals surface area contributed by atoms with E-state index in [4.69, 9.17) is 9.47 Å². The molecule has 0 bridgehead atoms. The number of amides is 1. The number of rotatable bonds is 5. The third-order valence-electron chi connectivity index (χ3n) is 3.55. The Morgan fingerprint density at radius 2 is 2.23 bits per heavy atom. The quantitative estimate of drug-likeness (QED) is 0.614. The van der Waals surface area contributed by atoms with Gasteiger partial charge in [0.2, 0.25) is 0 Å². The van der Waals surface area contributed by atoms with Crippen LogP contribution in [0, 0.1) is 0 Å². The Bertz CT molecular complexity index is 564. The van der Waals surface area contributed by atoms with Crippen LogP contribution in [-0.4, -0.2) is 43.8 Å². The Hall–Kier alpha value is -1.82. The molecule has 0 saturated carbocycles. The van der Waals surface area contributed by atoms with Crippen LogP contribution in [0.4, 0.5) is 4.79 Å². The molecule has 1 aromatic rings. The van der Waals surface area contributed by atoms with Crippen molar-refractivity contribution in [2.45, 2.75) is 26.2 Å². The summed E-state index contributed by atoms with van der Waals surface area (Å²) in [7, 11) is 1.38. The third kappa shape index (κ3) is 3.88. The predicted octanol–water partition coefficient (Wildman–Crippen LogP) is 3.56. The van der Waals surface area contributed by atoms with E-state index >= 15 is 0 Å². The van der Waals surface area contributed by atoms with E-state index in [9.17, 15) is 9.59 Å². The van der Waals surface area contributed by atoms with Crippen molar-refractivity contribution in [3.8, 4) is 0 Å². The standard InChI is InChI=1S/C16H21NO4S/c1-3-4-10-21-16(19)17-8-5-12(6-9-17)14-13(7-11-22-14)15(18)20-2/h5,7,11H,3-4,6,8-10H2,1-2H3. The highest BCUT2D eigenvalue weighted by Crippen LogP contribution is 2.30. The van der Waals surface area contributed by atoms with Crippen LogP contribution < -0.4 is 0 Å². The van der Waals surface area contributed by atoms with Gasteiger partial charge in [-0.15, -0.1) is 11.3 Å². The zero-order valence-corrected chi connectivity index (χ0v) is 13.8. The van der Waals surface area contributed by atoms with Crippen LogP contribution in [0.2, 0.25) is 0 Å². The van der Waals surface area contributed by atoms with E-state index in [1.165, 1.54) is 18.4 Å². The van der Waals surface area contributed by atoms with Crippen LogP contribution in [0.3, 0.4) is 0 Å². The molecule has 0 unspecified atom stereocenters. The minimum absolute atomic E-state index is 0.261. The first-order valence-corrected chi connectivity index (χ1v) is 8.32. The molecule has 1 aliphatic heterocycles. The largest absolute Gasteiger partial charge is 0.465 e. The second kappa shape index (κ2) is 7.98. The van der Waals surface area contributed by atoms with E-state index in [1.807, 2.05) is 11.5 Å². The van der Waals surface area contributed by atoms with Crippen molar-refractivity contribution in [1.82, 2.24) is 4.90 Å². The Morgan fingerprint density at radius 3 is 2.86 bits per heavy atom. The lowest BCUT2D eigenvalue weighted by molar-refractivity contribution is 0.0600. The SMILES string of the molecule is CCCCOC(=O)N1CC=C(c2sccc2C(=O)OC)CC1. The normalized spacial score (nSPS) is 14.5. The van der Waals surface area contributed by atoms with Crippen LogP contribution in [0.1, 0.15) is 41.4 Å². The maximum Gasteiger partial charge on any atom is 0.410 e. The number of thiophene rings is 1. The van der Waals surface area contributed by atoms with Gasteiger partial charge < -0.3 is 14.4 Å². The molecule has 22 heavy (non-hydrogen) atoms. The number of hydrogen-bond acceptors (Lipinski definition) is 5. The summed E-state index contributed by atoms with van der Waals surface area (Å²) in [5.41, 5.74) is 1.69. The Balaban J connectivity index is 1.98. The molecule has 1 aromatic heterocycles. The van der Waals surface area contributed by atoms with E-state index in [0.717, 1.165) is 23.3 Å². The lowest BCUT2D eigenvalue weighted by Gasteiger charge is -2.25. The molecule has 2 heterocycles. The third-order valence-corrected chi connectivity index (χ3v) is 4.54. The number of nitrogens with zero attached hydrogens (tertiary/aromatic N) is 1. The maximum absolute atomic E-state index is 11.9. The van der Waals surface area contributed by atoms with E-state index in [0.29, 0.717) is 31.7 Å². The number of carbonyl (C=O) groups is 2. The summed E-state index contributed by atoms with van der Waals surface area (Å²) in [6.45, 7) is 3.65. The molecule has 5 nitrogen and oxygen atoms in total. The zero-order chi connectivity index (χ0) is 15.9. The summed E-state index contributed by atoms with van der Waals surface area (Å²) in [6, 6.07) is 1.78. The fraction of sp³-hybridized carbons (Fsp3) is 0.500. The molecule has 1 amide bonds. The number of hydrogen-bond donors (Lipinski definition) is 0. The van der Waals surface area contributed by atoms with Crippen LogP contribution in [0.5, 0.6) is 0 Å². The molecule has 0 saturated heterocycles. The van der Waals surface area contributed by atoms with Gasteiger partial charge in [0.25, 0.3) is 0 Å². The van der Waals surface area contributed by atoms with Crippen molar-refractivity contribution in [2.75, 3.05) is 26.8 Å². The zero-order valence-electron chi connectivity index (χ0n) is 13.0. The molecule has 0 aromatic carbocycles. The van der Waals surface area contributed by atoms with Gasteiger partial charge in [-0.3, -0.25) is 0 Å². The fourth-order valence-electron chi connectivity index (χ4n) is 2.26. The average molecular weight is 323 g/mol. The first kappa shape index (κ1) is 16.5. The van der Waals surface area contributed by atoms with Gasteiger partial charge in [-0.2, -0.15) is 0 Å².